The van der Waals surface area contributed by atoms with Gasteiger partial charge in [0.1, 0.15) is 0 Å². The van der Waals surface area contributed by atoms with Crippen LogP contribution in [0.1, 0.15) is 6.92 Å². The fourth-order valence-corrected chi connectivity index (χ4v) is 1.89. The summed E-state index contributed by atoms with van der Waals surface area (Å²) >= 11 is 1.68. The standard InChI is InChI=1S/C10H16N2OS/c1-7(5-13)6-14-8-2-3-9(11)10(12)4-8/h2-4,7,13H,5-6,11-12H2,1H3. The van der Waals surface area contributed by atoms with Gasteiger partial charge >= 0.3 is 0 Å². The monoisotopic (exact) mass is 212 g/mol. The molecule has 0 amide bonds. The molecule has 78 valence electrons. The molecule has 1 rings (SSSR count). The normalized spacial score (nSPS) is 12.7. The van der Waals surface area contributed by atoms with Gasteiger partial charge < -0.3 is 16.6 Å². The highest BCUT2D eigenvalue weighted by molar-refractivity contribution is 7.99. The lowest BCUT2D eigenvalue weighted by atomic mass is 10.2. The van der Waals surface area contributed by atoms with E-state index in [4.69, 9.17) is 16.6 Å². The Balaban J connectivity index is 2.55. The molecular formula is C10H16N2OS. The van der Waals surface area contributed by atoms with Gasteiger partial charge in [-0.3, -0.25) is 0 Å². The van der Waals surface area contributed by atoms with Gasteiger partial charge in [0.05, 0.1) is 11.4 Å². The van der Waals surface area contributed by atoms with Gasteiger partial charge in [0, 0.05) is 17.3 Å². The van der Waals surface area contributed by atoms with Crippen LogP contribution in [0, 0.1) is 5.92 Å². The van der Waals surface area contributed by atoms with Crippen LogP contribution in [-0.2, 0) is 0 Å². The van der Waals surface area contributed by atoms with Crippen molar-refractivity contribution in [1.29, 1.82) is 0 Å². The molecule has 0 aliphatic carbocycles. The van der Waals surface area contributed by atoms with Crippen molar-refractivity contribution in [2.45, 2.75) is 11.8 Å². The van der Waals surface area contributed by atoms with Gasteiger partial charge in [-0.25, -0.2) is 0 Å². The van der Waals surface area contributed by atoms with E-state index in [9.17, 15) is 0 Å². The van der Waals surface area contributed by atoms with Crippen molar-refractivity contribution in [3.63, 3.8) is 0 Å². The number of aliphatic hydroxyl groups is 1. The number of benzene rings is 1. The predicted molar refractivity (Wildman–Crippen MR) is 62.2 cm³/mol. The molecule has 0 fully saturated rings. The Kier molecular flexibility index (Phi) is 4.10. The number of anilines is 2. The Hall–Kier alpha value is -0.870. The smallest absolute Gasteiger partial charge is 0.0559 e. The second-order valence-electron chi connectivity index (χ2n) is 3.39. The fourth-order valence-electron chi connectivity index (χ4n) is 0.934. The van der Waals surface area contributed by atoms with Crippen LogP contribution in [0.2, 0.25) is 0 Å². The average molecular weight is 212 g/mol. The zero-order valence-electron chi connectivity index (χ0n) is 8.23. The average Bonchev–Trinajstić information content (AvgIpc) is 2.19. The van der Waals surface area contributed by atoms with Crippen LogP contribution in [0.25, 0.3) is 0 Å². The minimum absolute atomic E-state index is 0.220. The van der Waals surface area contributed by atoms with Crippen molar-refractivity contribution in [2.24, 2.45) is 5.92 Å². The Morgan fingerprint density at radius 1 is 1.36 bits per heavy atom. The summed E-state index contributed by atoms with van der Waals surface area (Å²) in [5, 5.41) is 8.85. The van der Waals surface area contributed by atoms with E-state index < -0.39 is 0 Å². The summed E-state index contributed by atoms with van der Waals surface area (Å²) in [7, 11) is 0. The summed E-state index contributed by atoms with van der Waals surface area (Å²) in [6.45, 7) is 2.23. The second-order valence-corrected chi connectivity index (χ2v) is 4.48. The highest BCUT2D eigenvalue weighted by Gasteiger charge is 2.02. The molecule has 0 radical (unpaired) electrons. The van der Waals surface area contributed by atoms with Crippen molar-refractivity contribution in [3.8, 4) is 0 Å². The first-order chi connectivity index (χ1) is 6.63. The molecule has 5 N–H and O–H groups in total. The molecule has 0 saturated heterocycles. The topological polar surface area (TPSA) is 72.3 Å². The number of hydrogen-bond donors (Lipinski definition) is 3. The molecule has 1 atom stereocenters. The number of nitrogen functional groups attached to an aromatic ring is 2. The van der Waals surface area contributed by atoms with Crippen molar-refractivity contribution in [3.05, 3.63) is 18.2 Å². The fraction of sp³-hybridized carbons (Fsp3) is 0.400. The quantitative estimate of drug-likeness (QED) is 0.523. The molecule has 14 heavy (non-hydrogen) atoms. The lowest BCUT2D eigenvalue weighted by Crippen LogP contribution is -2.03. The van der Waals surface area contributed by atoms with Crippen LogP contribution in [0.15, 0.2) is 23.1 Å². The molecule has 1 unspecified atom stereocenters. The zero-order chi connectivity index (χ0) is 10.6. The third-order valence-corrected chi connectivity index (χ3v) is 3.23. The molecule has 0 spiro atoms. The molecular weight excluding hydrogens is 196 g/mol. The van der Waals surface area contributed by atoms with E-state index in [0.29, 0.717) is 17.3 Å². The minimum atomic E-state index is 0.220. The molecule has 0 saturated carbocycles. The Bertz CT molecular complexity index is 304. The Morgan fingerprint density at radius 2 is 2.07 bits per heavy atom. The Morgan fingerprint density at radius 3 is 2.64 bits per heavy atom. The van der Waals surface area contributed by atoms with E-state index in [1.807, 2.05) is 19.1 Å². The number of thioether (sulfide) groups is 1. The summed E-state index contributed by atoms with van der Waals surface area (Å²) in [6, 6.07) is 5.62. The highest BCUT2D eigenvalue weighted by Crippen LogP contribution is 2.25. The first-order valence-electron chi connectivity index (χ1n) is 4.52. The predicted octanol–water partition coefficient (Wildman–Crippen LogP) is 1.57. The SMILES string of the molecule is CC(CO)CSc1ccc(N)c(N)c1. The van der Waals surface area contributed by atoms with E-state index in [2.05, 4.69) is 0 Å². The summed E-state index contributed by atoms with van der Waals surface area (Å²) in [5.41, 5.74) is 12.5. The third-order valence-electron chi connectivity index (χ3n) is 1.90. The maximum absolute atomic E-state index is 8.85. The number of rotatable bonds is 4. The van der Waals surface area contributed by atoms with Crippen molar-refractivity contribution >= 4 is 23.1 Å². The van der Waals surface area contributed by atoms with Crippen molar-refractivity contribution in [1.82, 2.24) is 0 Å². The van der Waals surface area contributed by atoms with Gasteiger partial charge in [-0.2, -0.15) is 0 Å². The summed E-state index contributed by atoms with van der Waals surface area (Å²) < 4.78 is 0. The summed E-state index contributed by atoms with van der Waals surface area (Å²) in [5.74, 6) is 1.19. The molecule has 1 aromatic rings. The first-order valence-corrected chi connectivity index (χ1v) is 5.50. The van der Waals surface area contributed by atoms with Crippen molar-refractivity contribution < 1.29 is 5.11 Å². The summed E-state index contributed by atoms with van der Waals surface area (Å²) in [4.78, 5) is 1.09. The number of aliphatic hydroxyl groups excluding tert-OH is 1. The maximum atomic E-state index is 8.85. The zero-order valence-corrected chi connectivity index (χ0v) is 9.05. The van der Waals surface area contributed by atoms with Gasteiger partial charge in [0.15, 0.2) is 0 Å². The second kappa shape index (κ2) is 5.12. The molecule has 4 heteroatoms. The first kappa shape index (κ1) is 11.2. The molecule has 1 aromatic carbocycles. The van der Waals surface area contributed by atoms with Crippen LogP contribution < -0.4 is 11.5 Å². The lowest BCUT2D eigenvalue weighted by molar-refractivity contribution is 0.250. The molecule has 0 aromatic heterocycles. The molecule has 3 nitrogen and oxygen atoms in total. The van der Waals surface area contributed by atoms with Gasteiger partial charge in [-0.1, -0.05) is 6.92 Å². The van der Waals surface area contributed by atoms with Crippen LogP contribution >= 0.6 is 11.8 Å². The molecule has 0 aliphatic heterocycles. The minimum Gasteiger partial charge on any atom is -0.397 e. The van der Waals surface area contributed by atoms with Gasteiger partial charge in [-0.05, 0) is 24.1 Å². The maximum Gasteiger partial charge on any atom is 0.0559 e. The van der Waals surface area contributed by atoms with Crippen molar-refractivity contribution in [2.75, 3.05) is 23.8 Å². The van der Waals surface area contributed by atoms with E-state index in [-0.39, 0.29) is 6.61 Å². The van der Waals surface area contributed by atoms with Crippen LogP contribution in [0.3, 0.4) is 0 Å². The van der Waals surface area contributed by atoms with E-state index in [1.54, 1.807) is 17.8 Å². The van der Waals surface area contributed by atoms with Gasteiger partial charge in [-0.15, -0.1) is 11.8 Å². The Labute approximate surface area is 88.5 Å². The highest BCUT2D eigenvalue weighted by atomic mass is 32.2. The third kappa shape index (κ3) is 3.12. The van der Waals surface area contributed by atoms with Gasteiger partial charge in [0.25, 0.3) is 0 Å². The van der Waals surface area contributed by atoms with Gasteiger partial charge in [0.2, 0.25) is 0 Å². The van der Waals surface area contributed by atoms with Crippen LogP contribution in [0.5, 0.6) is 0 Å². The van der Waals surface area contributed by atoms with E-state index in [1.165, 1.54) is 0 Å². The molecule has 0 bridgehead atoms. The molecule has 0 aliphatic rings. The largest absolute Gasteiger partial charge is 0.397 e. The van der Waals surface area contributed by atoms with Crippen LogP contribution in [-0.4, -0.2) is 17.5 Å². The lowest BCUT2D eigenvalue weighted by Gasteiger charge is -2.08. The van der Waals surface area contributed by atoms with E-state index >= 15 is 0 Å². The number of nitrogens with two attached hydrogens (primary N) is 2. The van der Waals surface area contributed by atoms with E-state index in [0.717, 1.165) is 10.6 Å². The van der Waals surface area contributed by atoms with Crippen LogP contribution in [0.4, 0.5) is 11.4 Å². The summed E-state index contributed by atoms with van der Waals surface area (Å²) in [6.07, 6.45) is 0. The number of hydrogen-bond acceptors (Lipinski definition) is 4. The molecule has 0 heterocycles.